The normalized spacial score (nSPS) is 16.1. The molecular formula is C20H35IN4O. The van der Waals surface area contributed by atoms with Crippen LogP contribution in [0, 0.1) is 0 Å². The van der Waals surface area contributed by atoms with Crippen LogP contribution in [0.1, 0.15) is 31.9 Å². The SMILES string of the molecule is CCc1ccc(C(C)(C)CNC(=NC)NCCN2CCOCC2)cc1.I. The van der Waals surface area contributed by atoms with Gasteiger partial charge in [-0.2, -0.15) is 0 Å². The Hall–Kier alpha value is -0.860. The Labute approximate surface area is 176 Å². The van der Waals surface area contributed by atoms with E-state index in [1.807, 2.05) is 7.05 Å². The van der Waals surface area contributed by atoms with Crippen molar-refractivity contribution in [2.24, 2.45) is 4.99 Å². The molecule has 0 saturated carbocycles. The second-order valence-electron chi connectivity index (χ2n) is 7.24. The molecule has 2 N–H and O–H groups in total. The van der Waals surface area contributed by atoms with Crippen LogP contribution in [0.25, 0.3) is 0 Å². The summed E-state index contributed by atoms with van der Waals surface area (Å²) in [6, 6.07) is 8.95. The number of aryl methyl sites for hydroxylation is 1. The van der Waals surface area contributed by atoms with Gasteiger partial charge in [-0.3, -0.25) is 9.89 Å². The van der Waals surface area contributed by atoms with Crippen LogP contribution in [0.4, 0.5) is 0 Å². The molecule has 0 unspecified atom stereocenters. The number of halogens is 1. The van der Waals surface area contributed by atoms with Crippen LogP contribution < -0.4 is 10.6 Å². The van der Waals surface area contributed by atoms with Crippen LogP contribution in [0.5, 0.6) is 0 Å². The van der Waals surface area contributed by atoms with Crippen molar-refractivity contribution in [1.29, 1.82) is 0 Å². The van der Waals surface area contributed by atoms with Gasteiger partial charge in [-0.15, -0.1) is 24.0 Å². The van der Waals surface area contributed by atoms with E-state index < -0.39 is 0 Å². The minimum absolute atomic E-state index is 0. The second-order valence-corrected chi connectivity index (χ2v) is 7.24. The molecule has 0 spiro atoms. The van der Waals surface area contributed by atoms with Crippen LogP contribution >= 0.6 is 24.0 Å². The molecule has 0 amide bonds. The summed E-state index contributed by atoms with van der Waals surface area (Å²) < 4.78 is 5.38. The summed E-state index contributed by atoms with van der Waals surface area (Å²) in [5.41, 5.74) is 2.78. The van der Waals surface area contributed by atoms with Crippen molar-refractivity contribution in [2.45, 2.75) is 32.6 Å². The molecule has 1 saturated heterocycles. The molecule has 0 aliphatic carbocycles. The van der Waals surface area contributed by atoms with Crippen LogP contribution in [0.3, 0.4) is 0 Å². The molecule has 148 valence electrons. The van der Waals surface area contributed by atoms with Crippen molar-refractivity contribution in [3.63, 3.8) is 0 Å². The fourth-order valence-corrected chi connectivity index (χ4v) is 2.98. The number of nitrogens with zero attached hydrogens (tertiary/aromatic N) is 2. The molecule has 1 fully saturated rings. The van der Waals surface area contributed by atoms with Crippen molar-refractivity contribution >= 4 is 29.9 Å². The lowest BCUT2D eigenvalue weighted by atomic mass is 9.84. The summed E-state index contributed by atoms with van der Waals surface area (Å²) in [5.74, 6) is 0.867. The summed E-state index contributed by atoms with van der Waals surface area (Å²) in [7, 11) is 1.83. The van der Waals surface area contributed by atoms with Gasteiger partial charge in [0, 0.05) is 45.2 Å². The molecule has 2 rings (SSSR count). The Morgan fingerprint density at radius 2 is 1.81 bits per heavy atom. The number of ether oxygens (including phenoxy) is 1. The lowest BCUT2D eigenvalue weighted by Crippen LogP contribution is -2.46. The van der Waals surface area contributed by atoms with E-state index in [9.17, 15) is 0 Å². The fourth-order valence-electron chi connectivity index (χ4n) is 2.98. The van der Waals surface area contributed by atoms with Gasteiger partial charge in [0.1, 0.15) is 0 Å². The molecule has 0 bridgehead atoms. The molecule has 6 heteroatoms. The van der Waals surface area contributed by atoms with Crippen molar-refractivity contribution < 1.29 is 4.74 Å². The minimum Gasteiger partial charge on any atom is -0.379 e. The molecular weight excluding hydrogens is 439 g/mol. The highest BCUT2D eigenvalue weighted by Crippen LogP contribution is 2.22. The first kappa shape index (κ1) is 23.2. The predicted molar refractivity (Wildman–Crippen MR) is 121 cm³/mol. The smallest absolute Gasteiger partial charge is 0.191 e. The van der Waals surface area contributed by atoms with Crippen LogP contribution in [-0.4, -0.2) is 63.8 Å². The molecule has 1 aliphatic heterocycles. The van der Waals surface area contributed by atoms with E-state index >= 15 is 0 Å². The van der Waals surface area contributed by atoms with Gasteiger partial charge in [0.15, 0.2) is 5.96 Å². The maximum atomic E-state index is 5.38. The van der Waals surface area contributed by atoms with Crippen molar-refractivity contribution in [1.82, 2.24) is 15.5 Å². The highest BCUT2D eigenvalue weighted by Gasteiger charge is 2.21. The number of guanidine groups is 1. The lowest BCUT2D eigenvalue weighted by Gasteiger charge is -2.28. The number of benzene rings is 1. The van der Waals surface area contributed by atoms with E-state index in [0.717, 1.165) is 58.3 Å². The Morgan fingerprint density at radius 3 is 2.38 bits per heavy atom. The Bertz CT molecular complexity index is 539. The van der Waals surface area contributed by atoms with Gasteiger partial charge in [-0.05, 0) is 17.5 Å². The van der Waals surface area contributed by atoms with Gasteiger partial charge in [0.25, 0.3) is 0 Å². The Balaban J connectivity index is 0.00000338. The second kappa shape index (κ2) is 11.8. The van der Waals surface area contributed by atoms with Gasteiger partial charge >= 0.3 is 0 Å². The summed E-state index contributed by atoms with van der Waals surface area (Å²) in [5, 5.41) is 6.89. The highest BCUT2D eigenvalue weighted by molar-refractivity contribution is 14.0. The van der Waals surface area contributed by atoms with Gasteiger partial charge in [-0.1, -0.05) is 45.0 Å². The van der Waals surface area contributed by atoms with Crippen LogP contribution in [-0.2, 0) is 16.6 Å². The van der Waals surface area contributed by atoms with E-state index in [-0.39, 0.29) is 29.4 Å². The lowest BCUT2D eigenvalue weighted by molar-refractivity contribution is 0.0389. The largest absolute Gasteiger partial charge is 0.379 e. The molecule has 1 aromatic rings. The summed E-state index contributed by atoms with van der Waals surface area (Å²) in [4.78, 5) is 6.77. The number of aliphatic imine (C=N–C) groups is 1. The van der Waals surface area contributed by atoms with Crippen LogP contribution in [0.2, 0.25) is 0 Å². The summed E-state index contributed by atoms with van der Waals surface area (Å²) >= 11 is 0. The third-order valence-electron chi connectivity index (χ3n) is 4.89. The van der Waals surface area contributed by atoms with E-state index in [1.165, 1.54) is 11.1 Å². The monoisotopic (exact) mass is 474 g/mol. The topological polar surface area (TPSA) is 48.9 Å². The van der Waals surface area contributed by atoms with Gasteiger partial charge in [-0.25, -0.2) is 0 Å². The molecule has 1 aromatic carbocycles. The first-order chi connectivity index (χ1) is 12.0. The molecule has 5 nitrogen and oxygen atoms in total. The quantitative estimate of drug-likeness (QED) is 0.363. The fraction of sp³-hybridized carbons (Fsp3) is 0.650. The molecule has 0 aromatic heterocycles. The third kappa shape index (κ3) is 7.40. The first-order valence-corrected chi connectivity index (χ1v) is 9.39. The number of nitrogens with one attached hydrogen (secondary N) is 2. The number of hydrogen-bond acceptors (Lipinski definition) is 3. The zero-order chi connectivity index (χ0) is 18.1. The van der Waals surface area contributed by atoms with E-state index in [1.54, 1.807) is 0 Å². The Morgan fingerprint density at radius 1 is 1.15 bits per heavy atom. The van der Waals surface area contributed by atoms with E-state index in [0.29, 0.717) is 0 Å². The van der Waals surface area contributed by atoms with E-state index in [4.69, 9.17) is 4.74 Å². The average molecular weight is 474 g/mol. The van der Waals surface area contributed by atoms with Gasteiger partial charge < -0.3 is 15.4 Å². The first-order valence-electron chi connectivity index (χ1n) is 9.39. The van der Waals surface area contributed by atoms with E-state index in [2.05, 4.69) is 65.6 Å². The number of hydrogen-bond donors (Lipinski definition) is 2. The van der Waals surface area contributed by atoms with Gasteiger partial charge in [0.2, 0.25) is 0 Å². The van der Waals surface area contributed by atoms with Crippen molar-refractivity contribution in [3.8, 4) is 0 Å². The molecule has 0 atom stereocenters. The Kier molecular flexibility index (Phi) is 10.5. The highest BCUT2D eigenvalue weighted by atomic mass is 127. The number of rotatable bonds is 7. The maximum Gasteiger partial charge on any atom is 0.191 e. The van der Waals surface area contributed by atoms with Gasteiger partial charge in [0.05, 0.1) is 13.2 Å². The molecule has 1 heterocycles. The molecule has 26 heavy (non-hydrogen) atoms. The van der Waals surface area contributed by atoms with Crippen molar-refractivity contribution in [3.05, 3.63) is 35.4 Å². The molecule has 0 radical (unpaired) electrons. The zero-order valence-corrected chi connectivity index (χ0v) is 19.0. The summed E-state index contributed by atoms with van der Waals surface area (Å²) in [6.07, 6.45) is 1.08. The number of morpholine rings is 1. The predicted octanol–water partition coefficient (Wildman–Crippen LogP) is 2.64. The maximum absolute atomic E-state index is 5.38. The standard InChI is InChI=1S/C20H34N4O.HI/c1-5-17-6-8-18(9-7-17)20(2,3)16-23-19(21-4)22-10-11-24-12-14-25-15-13-24;/h6-9H,5,10-16H2,1-4H3,(H2,21,22,23);1H. The third-order valence-corrected chi connectivity index (χ3v) is 4.89. The molecule has 1 aliphatic rings. The minimum atomic E-state index is 0. The van der Waals surface area contributed by atoms with Crippen molar-refractivity contribution in [2.75, 3.05) is 53.0 Å². The average Bonchev–Trinajstić information content (AvgIpc) is 2.65. The van der Waals surface area contributed by atoms with Crippen LogP contribution in [0.15, 0.2) is 29.3 Å². The summed E-state index contributed by atoms with van der Waals surface area (Å²) in [6.45, 7) is 13.2. The zero-order valence-electron chi connectivity index (χ0n) is 16.7.